The summed E-state index contributed by atoms with van der Waals surface area (Å²) in [5.74, 6) is -2.56. The van der Waals surface area contributed by atoms with E-state index in [9.17, 15) is 55.1 Å². The number of nitrogens with zero attached hydrogens (tertiary/aromatic N) is 12. The molecule has 0 aliphatic heterocycles. The third-order valence-electron chi connectivity index (χ3n) is 23.5. The van der Waals surface area contributed by atoms with Crippen molar-refractivity contribution in [3.05, 3.63) is 312 Å². The van der Waals surface area contributed by atoms with Crippen LogP contribution in [-0.2, 0) is 146 Å². The molecule has 6 N–H and O–H groups in total. The molecule has 144 heavy (non-hydrogen) atoms. The molecule has 1 unspecified atom stereocenters. The Morgan fingerprint density at radius 3 is 0.757 bits per heavy atom. The highest BCUT2D eigenvalue weighted by molar-refractivity contribution is 6.36. The molecule has 6 aromatic heterocycles. The van der Waals surface area contributed by atoms with Crippen molar-refractivity contribution in [3.8, 4) is 0 Å². The molecule has 0 fully saturated rings. The fraction of sp³-hybridized carbons (Fsp3) is 0.450. The molecule has 6 heterocycles. The van der Waals surface area contributed by atoms with Gasteiger partial charge in [-0.3, -0.25) is 65.3 Å². The molecule has 782 valence electrons. The third kappa shape index (κ3) is 33.8. The summed E-state index contributed by atoms with van der Waals surface area (Å²) < 4.78 is 83.7. The maximum atomic E-state index is 14.1. The second-order valence-corrected chi connectivity index (χ2v) is 42.2. The minimum atomic E-state index is -1.32. The van der Waals surface area contributed by atoms with Crippen molar-refractivity contribution >= 4 is 93.4 Å². The van der Waals surface area contributed by atoms with Gasteiger partial charge in [0.15, 0.2) is 18.3 Å². The quantitative estimate of drug-likeness (QED) is 0.0250. The standard InChI is InChI=1S/4C18H23ClFN3O.C18H24ClN3O.C18H24FN3O.CH3F/c1-11(20)15-14(19)16(23(5)22-15)17(24)21-10-12-6-8-13(9-7-12)18(2,3)4;1-18(2,3)13-7-5-12(6-8-13)11-21-17(24)16-15(19)14(9-10-20)22-23(16)4;1-5-14-15(19)16(23(4)22-14)17(24)21-10-12-6-8-13(9-7-12)18(2,3)11-20;1-5-14-15(19)16(23(11-20)22-14)17(24)21-10-12-6-8-13(9-7-12)18(2,3)4;2*1-6-14-15(19)16(22(5)21-14)17(23)20-11-12-7-9-13(10-8-12)18(2,3)4;1-2/h6-9,11H,10H2,1-5H3,(H,21,24);5-8H,9-11H2,1-4H3,(H,21,24);2*6-9H,5,10-11H2,1-4H3,(H,21,24);2*7-10H,6,11H2,1-5H3,(H,20,23);1H3/i4*20-1;;19-1;2-1. The van der Waals surface area contributed by atoms with Gasteiger partial charge in [-0.2, -0.15) is 30.6 Å². The van der Waals surface area contributed by atoms with Gasteiger partial charge in [0, 0.05) is 86.3 Å². The average Bonchev–Trinajstić information content (AvgIpc) is 1.66. The van der Waals surface area contributed by atoms with Crippen LogP contribution in [0.1, 0.15) is 322 Å². The first kappa shape index (κ1) is 121. The highest BCUT2D eigenvalue weighted by atomic mass is 35.5. The Hall–Kier alpha value is -11.6. The van der Waals surface area contributed by atoms with E-state index in [2.05, 4.69) is 227 Å². The maximum absolute atomic E-state index is 14.1. The second-order valence-electron chi connectivity index (χ2n) is 40.3. The van der Waals surface area contributed by atoms with E-state index in [0.717, 1.165) is 49.3 Å². The van der Waals surface area contributed by atoms with Crippen LogP contribution in [0.15, 0.2) is 146 Å². The molecule has 6 amide bonds. The number of benzene rings is 6. The average molecular weight is 2090 g/mol. The summed E-state index contributed by atoms with van der Waals surface area (Å²) in [5.41, 5.74) is 17.1. The van der Waals surface area contributed by atoms with Gasteiger partial charge in [-0.15, -0.1) is 0 Å². The molecule has 0 bridgehead atoms. The summed E-state index contributed by atoms with van der Waals surface area (Å²) in [6.07, 6.45) is 1.16. The Morgan fingerprint density at radius 1 is 0.312 bits per heavy atom. The molecule has 24 nitrogen and oxygen atoms in total. The molecule has 6 aromatic carbocycles. The van der Waals surface area contributed by atoms with Crippen LogP contribution in [0.2, 0.25) is 25.1 Å². The molecule has 12 rings (SSSR count). The van der Waals surface area contributed by atoms with Crippen LogP contribution in [0.5, 0.6) is 0 Å². The van der Waals surface area contributed by atoms with E-state index >= 15 is 0 Å². The van der Waals surface area contributed by atoms with Crippen LogP contribution in [0.25, 0.3) is 0 Å². The zero-order valence-corrected chi connectivity index (χ0v) is 92.1. The molecule has 0 saturated heterocycles. The van der Waals surface area contributed by atoms with Crippen molar-refractivity contribution < 1.29 is 55.1 Å². The van der Waals surface area contributed by atoms with E-state index in [1.165, 1.54) is 53.5 Å². The van der Waals surface area contributed by atoms with Crippen molar-refractivity contribution in [2.45, 2.75) is 269 Å². The molecule has 1 atom stereocenters. The lowest BCUT2D eigenvalue weighted by Crippen LogP contribution is -2.26. The molecule has 0 radical (unpaired) electrons. The lowest BCUT2D eigenvalue weighted by atomic mass is 9.86. The highest BCUT2D eigenvalue weighted by Crippen LogP contribution is 2.33. The van der Waals surface area contributed by atoms with E-state index in [0.29, 0.717) is 116 Å². The van der Waals surface area contributed by atoms with Crippen LogP contribution < -0.4 is 31.9 Å². The molecule has 0 aliphatic rings. The fourth-order valence-electron chi connectivity index (χ4n) is 14.5. The lowest BCUT2D eigenvalue weighted by molar-refractivity contribution is 0.0928. The van der Waals surface area contributed by atoms with Gasteiger partial charge in [-0.05, 0) is 126 Å². The topological polar surface area (TPSA) is 282 Å². The first-order chi connectivity index (χ1) is 67.4. The Kier molecular flexibility index (Phi) is 45.4. The third-order valence-corrected chi connectivity index (χ3v) is 25.5. The zero-order valence-electron chi connectivity index (χ0n) is 88.3. The van der Waals surface area contributed by atoms with Crippen molar-refractivity contribution in [2.24, 2.45) is 35.2 Å². The van der Waals surface area contributed by atoms with Gasteiger partial charge in [-0.25, -0.2) is 17.9 Å². The number of hydrogen-bond donors (Lipinski definition) is 6. The molecular formula is C109H143Cl5F6N18O6. The van der Waals surface area contributed by atoms with Crippen molar-refractivity contribution in [3.63, 3.8) is 0 Å². The Morgan fingerprint density at radius 2 is 0.528 bits per heavy atom. The summed E-state index contributed by atoms with van der Waals surface area (Å²) in [4.78, 5) is 74.0. The van der Waals surface area contributed by atoms with Gasteiger partial charge < -0.3 is 31.9 Å². The second kappa shape index (κ2) is 54.0. The smallest absolute Gasteiger partial charge is 0.272 e. The van der Waals surface area contributed by atoms with E-state index in [-0.39, 0.29) is 101 Å². The van der Waals surface area contributed by atoms with Crippen LogP contribution >= 0.6 is 58.0 Å². The highest BCUT2D eigenvalue weighted by Gasteiger charge is 2.30. The summed E-state index contributed by atoms with van der Waals surface area (Å²) >= 11 is 30.8. The van der Waals surface area contributed by atoms with E-state index in [1.54, 1.807) is 39.9 Å². The summed E-state index contributed by atoms with van der Waals surface area (Å²) in [6, 6.07) is 48.3. The Bertz CT molecular complexity index is 6110. The van der Waals surface area contributed by atoms with E-state index in [1.807, 2.05) is 126 Å². The summed E-state index contributed by atoms with van der Waals surface area (Å²) in [5, 5.41) is 42.9. The van der Waals surface area contributed by atoms with Crippen LogP contribution in [0.4, 0.5) is 26.3 Å². The predicted octanol–water partition coefficient (Wildman–Crippen LogP) is 24.0. The SMILES string of the molecule is CC([18F])c1nn(C)c(C(=O)NCc2ccc(C(C)(C)C)cc2)c1Cl.CCc1nn(C)c(C(=O)NCc2ccc(C(C)(C)C)cc2)c1Cl.CCc1nn(C)c(C(=O)NCc2ccc(C(C)(C)C)cc2)c1[18F].CCc1nn(C)c(C(=O)NCc2ccc(C(C)(C)C[18F])cc2)c1Cl.CCc1nn(C[18F])c(C(=O)NCc2ccc(C(C)(C)C)cc2)c1Cl.C[18F].Cn1nc(CC[18F])c(Cl)c1C(=O)NCc1ccc(C(C)(C)C)cc1. The first-order valence-corrected chi connectivity index (χ1v) is 49.6. The number of rotatable bonds is 28. The number of amides is 6. The molecule has 0 saturated carbocycles. The number of nitrogens with one attached hydrogen (secondary N) is 6. The molecule has 35 heteroatoms. The number of aryl methyl sites for hydroxylation is 10. The number of halogens is 11. The van der Waals surface area contributed by atoms with Gasteiger partial charge >= 0.3 is 0 Å². The molecule has 0 spiro atoms. The maximum Gasteiger partial charge on any atom is 0.272 e. The van der Waals surface area contributed by atoms with Gasteiger partial charge in [0.05, 0.1) is 74.1 Å². The number of carbonyl (C=O) groups is 6. The largest absolute Gasteiger partial charge is 0.347 e. The number of alkyl halides is 5. The zero-order chi connectivity index (χ0) is 108. The number of aromatic nitrogens is 12. The first-order valence-electron chi connectivity index (χ1n) is 47.7. The fourth-order valence-corrected chi connectivity index (χ4v) is 16.4. The van der Waals surface area contributed by atoms with Gasteiger partial charge in [0.2, 0.25) is 0 Å². The van der Waals surface area contributed by atoms with Crippen LogP contribution in [0.3, 0.4) is 0 Å². The van der Waals surface area contributed by atoms with Gasteiger partial charge in [0.1, 0.15) is 40.3 Å². The van der Waals surface area contributed by atoms with Crippen molar-refractivity contribution in [1.82, 2.24) is 90.6 Å². The number of hydrogen-bond acceptors (Lipinski definition) is 12. The Balaban J connectivity index is 0.000000263. The minimum absolute atomic E-state index is 0.0202. The Labute approximate surface area is 870 Å². The molecule has 12 aromatic rings. The van der Waals surface area contributed by atoms with Crippen LogP contribution in [-0.4, -0.2) is 115 Å². The van der Waals surface area contributed by atoms with E-state index in [4.69, 9.17) is 58.0 Å². The van der Waals surface area contributed by atoms with Crippen LogP contribution in [0, 0.1) is 5.82 Å². The normalized spacial score (nSPS) is 11.7. The van der Waals surface area contributed by atoms with E-state index < -0.39 is 49.4 Å². The lowest BCUT2D eigenvalue weighted by Gasteiger charge is -2.21. The molecular weight excluding hydrogens is 1940 g/mol. The number of carbonyl (C=O) groups excluding carboxylic acids is 6. The summed E-state index contributed by atoms with van der Waals surface area (Å²) in [6.45, 7) is 45.4. The predicted molar refractivity (Wildman–Crippen MR) is 566 cm³/mol. The summed E-state index contributed by atoms with van der Waals surface area (Å²) in [7, 11) is 8.71. The monoisotopic (exact) mass is 2080 g/mol. The van der Waals surface area contributed by atoms with Crippen molar-refractivity contribution in [2.75, 3.05) is 20.5 Å². The van der Waals surface area contributed by atoms with Gasteiger partial charge in [-0.1, -0.05) is 349 Å². The van der Waals surface area contributed by atoms with Crippen molar-refractivity contribution in [1.29, 1.82) is 0 Å². The minimum Gasteiger partial charge on any atom is -0.347 e. The molecule has 0 aliphatic carbocycles. The van der Waals surface area contributed by atoms with Gasteiger partial charge in [0.25, 0.3) is 35.4 Å².